The lowest BCUT2D eigenvalue weighted by atomic mass is 9.81. The van der Waals surface area contributed by atoms with E-state index in [1.165, 1.54) is 11.1 Å². The second-order valence-electron chi connectivity index (χ2n) is 5.05. The molecule has 0 fully saturated rings. The van der Waals surface area contributed by atoms with Gasteiger partial charge in [0.2, 0.25) is 0 Å². The number of hydrogen-bond donors (Lipinski definition) is 0. The van der Waals surface area contributed by atoms with Crippen LogP contribution in [0.15, 0.2) is 24.3 Å². The largest absolute Gasteiger partial charge is 0.327 e. The van der Waals surface area contributed by atoms with Gasteiger partial charge in [0, 0.05) is 19.8 Å². The molecule has 1 atom stereocenters. The Kier molecular flexibility index (Phi) is 5.58. The van der Waals surface area contributed by atoms with Gasteiger partial charge in [0.15, 0.2) is 0 Å². The van der Waals surface area contributed by atoms with Crippen LogP contribution in [0.3, 0.4) is 0 Å². The minimum atomic E-state index is -0.936. The first-order chi connectivity index (χ1) is 9.77. The molecule has 0 saturated heterocycles. The highest BCUT2D eigenvalue weighted by Gasteiger charge is 2.44. The minimum absolute atomic E-state index is 0.146. The molecule has 1 aliphatic rings. The van der Waals surface area contributed by atoms with Crippen LogP contribution in [0.1, 0.15) is 50.7 Å². The molecular formula is C17H26O3. The molecule has 0 saturated carbocycles. The highest BCUT2D eigenvalue weighted by Crippen LogP contribution is 2.42. The van der Waals surface area contributed by atoms with E-state index in [1.807, 2.05) is 20.8 Å². The van der Waals surface area contributed by atoms with Crippen molar-refractivity contribution >= 4 is 0 Å². The summed E-state index contributed by atoms with van der Waals surface area (Å²) in [6.45, 7) is 7.71. The summed E-state index contributed by atoms with van der Waals surface area (Å²) in [4.78, 5) is 0. The molecule has 0 aliphatic heterocycles. The van der Waals surface area contributed by atoms with Crippen LogP contribution >= 0.6 is 0 Å². The first kappa shape index (κ1) is 15.5. The van der Waals surface area contributed by atoms with Crippen LogP contribution in [0.2, 0.25) is 0 Å². The Balaban J connectivity index is 2.38. The monoisotopic (exact) mass is 278 g/mol. The van der Waals surface area contributed by atoms with Gasteiger partial charge in [0.25, 0.3) is 5.97 Å². The van der Waals surface area contributed by atoms with Gasteiger partial charge in [-0.05, 0) is 51.2 Å². The number of benzene rings is 1. The predicted octanol–water partition coefficient (Wildman–Crippen LogP) is 3.87. The van der Waals surface area contributed by atoms with Gasteiger partial charge in [-0.3, -0.25) is 0 Å². The molecular weight excluding hydrogens is 252 g/mol. The van der Waals surface area contributed by atoms with Crippen LogP contribution in [-0.4, -0.2) is 25.8 Å². The van der Waals surface area contributed by atoms with Gasteiger partial charge in [-0.15, -0.1) is 0 Å². The molecule has 1 aromatic carbocycles. The van der Waals surface area contributed by atoms with Gasteiger partial charge >= 0.3 is 0 Å². The Morgan fingerprint density at radius 2 is 1.60 bits per heavy atom. The van der Waals surface area contributed by atoms with E-state index in [1.54, 1.807) is 0 Å². The molecule has 0 amide bonds. The maximum atomic E-state index is 5.96. The molecule has 0 aromatic heterocycles. The number of hydrogen-bond acceptors (Lipinski definition) is 3. The smallest absolute Gasteiger partial charge is 0.290 e. The summed E-state index contributed by atoms with van der Waals surface area (Å²) < 4.78 is 17.9. The summed E-state index contributed by atoms with van der Waals surface area (Å²) in [6, 6.07) is 8.58. The van der Waals surface area contributed by atoms with Crippen LogP contribution in [-0.2, 0) is 20.6 Å². The maximum Gasteiger partial charge on any atom is 0.290 e. The van der Waals surface area contributed by atoms with Crippen LogP contribution < -0.4 is 0 Å². The van der Waals surface area contributed by atoms with E-state index in [0.717, 1.165) is 19.3 Å². The Labute approximate surface area is 122 Å². The first-order valence-corrected chi connectivity index (χ1v) is 7.77. The molecule has 112 valence electrons. The summed E-state index contributed by atoms with van der Waals surface area (Å²) >= 11 is 0. The molecule has 0 spiro atoms. The van der Waals surface area contributed by atoms with Crippen molar-refractivity contribution in [1.29, 1.82) is 0 Å². The number of fused-ring (bicyclic) bond motifs is 1. The lowest BCUT2D eigenvalue weighted by Gasteiger charge is -2.41. The SMILES string of the molecule is CCOC(OCC)(OCC)C1CCCc2ccccc21. The molecule has 3 heteroatoms. The Morgan fingerprint density at radius 1 is 1.00 bits per heavy atom. The zero-order valence-corrected chi connectivity index (χ0v) is 12.9. The van der Waals surface area contributed by atoms with Crippen LogP contribution in [0.25, 0.3) is 0 Å². The van der Waals surface area contributed by atoms with E-state index < -0.39 is 5.97 Å². The molecule has 0 bridgehead atoms. The van der Waals surface area contributed by atoms with E-state index in [9.17, 15) is 0 Å². The van der Waals surface area contributed by atoms with Gasteiger partial charge in [-0.1, -0.05) is 24.3 Å². The fourth-order valence-electron chi connectivity index (χ4n) is 3.15. The van der Waals surface area contributed by atoms with E-state index in [0.29, 0.717) is 19.8 Å². The highest BCUT2D eigenvalue weighted by molar-refractivity contribution is 5.33. The van der Waals surface area contributed by atoms with Crippen molar-refractivity contribution in [2.45, 2.75) is 51.9 Å². The Morgan fingerprint density at radius 3 is 2.20 bits per heavy atom. The zero-order valence-electron chi connectivity index (χ0n) is 12.9. The lowest BCUT2D eigenvalue weighted by molar-refractivity contribution is -0.389. The normalized spacial score (nSPS) is 18.9. The molecule has 2 rings (SSSR count). The molecule has 1 unspecified atom stereocenters. The second-order valence-corrected chi connectivity index (χ2v) is 5.05. The molecule has 0 heterocycles. The van der Waals surface area contributed by atoms with Crippen molar-refractivity contribution in [2.75, 3.05) is 19.8 Å². The predicted molar refractivity (Wildman–Crippen MR) is 79.7 cm³/mol. The van der Waals surface area contributed by atoms with Crippen molar-refractivity contribution < 1.29 is 14.2 Å². The van der Waals surface area contributed by atoms with Crippen LogP contribution in [0.5, 0.6) is 0 Å². The summed E-state index contributed by atoms with van der Waals surface area (Å²) in [5.74, 6) is -0.790. The fraction of sp³-hybridized carbons (Fsp3) is 0.647. The van der Waals surface area contributed by atoms with Crippen molar-refractivity contribution in [2.24, 2.45) is 0 Å². The zero-order chi connectivity index (χ0) is 14.4. The third kappa shape index (κ3) is 3.05. The van der Waals surface area contributed by atoms with Crippen molar-refractivity contribution in [3.05, 3.63) is 35.4 Å². The lowest BCUT2D eigenvalue weighted by Crippen LogP contribution is -2.46. The average molecular weight is 278 g/mol. The summed E-state index contributed by atoms with van der Waals surface area (Å²) in [5, 5.41) is 0. The Bertz CT molecular complexity index is 399. The summed E-state index contributed by atoms with van der Waals surface area (Å²) in [7, 11) is 0. The van der Waals surface area contributed by atoms with Crippen molar-refractivity contribution in [3.8, 4) is 0 Å². The third-order valence-corrected chi connectivity index (χ3v) is 3.83. The second kappa shape index (κ2) is 7.21. The van der Waals surface area contributed by atoms with Crippen molar-refractivity contribution in [1.82, 2.24) is 0 Å². The van der Waals surface area contributed by atoms with Gasteiger partial charge in [0.05, 0.1) is 5.92 Å². The topological polar surface area (TPSA) is 27.7 Å². The van der Waals surface area contributed by atoms with E-state index >= 15 is 0 Å². The molecule has 0 N–H and O–H groups in total. The number of rotatable bonds is 7. The molecule has 1 aliphatic carbocycles. The van der Waals surface area contributed by atoms with E-state index in [4.69, 9.17) is 14.2 Å². The molecule has 3 nitrogen and oxygen atoms in total. The van der Waals surface area contributed by atoms with Crippen molar-refractivity contribution in [3.63, 3.8) is 0 Å². The third-order valence-electron chi connectivity index (χ3n) is 3.83. The van der Waals surface area contributed by atoms with E-state index in [2.05, 4.69) is 24.3 Å². The molecule has 20 heavy (non-hydrogen) atoms. The molecule has 0 radical (unpaired) electrons. The standard InChI is InChI=1S/C17H26O3/c1-4-18-17(19-5-2,20-6-3)16-13-9-11-14-10-7-8-12-15(14)16/h7-8,10,12,16H,4-6,9,11,13H2,1-3H3. The minimum Gasteiger partial charge on any atom is -0.327 e. The summed E-state index contributed by atoms with van der Waals surface area (Å²) in [6.07, 6.45) is 3.32. The van der Waals surface area contributed by atoms with Gasteiger partial charge in [-0.2, -0.15) is 0 Å². The number of aryl methyl sites for hydroxylation is 1. The average Bonchev–Trinajstić information content (AvgIpc) is 2.47. The quantitative estimate of drug-likeness (QED) is 0.709. The Hall–Kier alpha value is -0.900. The maximum absolute atomic E-state index is 5.96. The fourth-order valence-corrected chi connectivity index (χ4v) is 3.15. The highest BCUT2D eigenvalue weighted by atomic mass is 16.9. The van der Waals surface area contributed by atoms with Gasteiger partial charge < -0.3 is 14.2 Å². The van der Waals surface area contributed by atoms with E-state index in [-0.39, 0.29) is 5.92 Å². The van der Waals surface area contributed by atoms with Crippen LogP contribution in [0, 0.1) is 0 Å². The molecule has 1 aromatic rings. The first-order valence-electron chi connectivity index (χ1n) is 7.77. The summed E-state index contributed by atoms with van der Waals surface area (Å²) in [5.41, 5.74) is 2.71. The van der Waals surface area contributed by atoms with Gasteiger partial charge in [0.1, 0.15) is 0 Å². The number of ether oxygens (including phenoxy) is 3. The van der Waals surface area contributed by atoms with Crippen LogP contribution in [0.4, 0.5) is 0 Å². The van der Waals surface area contributed by atoms with Gasteiger partial charge in [-0.25, -0.2) is 0 Å².